The van der Waals surface area contributed by atoms with Crippen LogP contribution in [-0.4, -0.2) is 27.7 Å². The number of fused-ring (bicyclic) bond motifs is 1. The molecule has 0 aliphatic carbocycles. The van der Waals surface area contributed by atoms with Crippen molar-refractivity contribution in [1.29, 1.82) is 5.26 Å². The summed E-state index contributed by atoms with van der Waals surface area (Å²) in [4.78, 5) is 0. The quantitative estimate of drug-likeness (QED) is 0.449. The summed E-state index contributed by atoms with van der Waals surface area (Å²) in [6.45, 7) is -1.11. The molecule has 0 spiro atoms. The van der Waals surface area contributed by atoms with Gasteiger partial charge in [0.15, 0.2) is 0 Å². The molecule has 162 valence electrons. The van der Waals surface area contributed by atoms with E-state index in [2.05, 4.69) is 5.10 Å². The Balaban J connectivity index is 1.69. The van der Waals surface area contributed by atoms with Gasteiger partial charge in [0.05, 0.1) is 29.0 Å². The molecule has 0 amide bonds. The Labute approximate surface area is 179 Å². The maximum absolute atomic E-state index is 13.9. The van der Waals surface area contributed by atoms with Gasteiger partial charge in [0, 0.05) is 5.39 Å². The van der Waals surface area contributed by atoms with Crippen LogP contribution in [0.3, 0.4) is 0 Å². The lowest BCUT2D eigenvalue weighted by molar-refractivity contribution is -0.275. The van der Waals surface area contributed by atoms with Crippen molar-refractivity contribution in [1.82, 2.24) is 9.78 Å². The molecule has 1 unspecified atom stereocenters. The summed E-state index contributed by atoms with van der Waals surface area (Å²) in [6.07, 6.45) is -3.68. The Morgan fingerprint density at radius 2 is 1.78 bits per heavy atom. The number of ether oxygens (including phenoxy) is 1. The van der Waals surface area contributed by atoms with Gasteiger partial charge in [-0.1, -0.05) is 12.1 Å². The van der Waals surface area contributed by atoms with E-state index in [4.69, 9.17) is 10.00 Å². The number of nitriles is 1. The van der Waals surface area contributed by atoms with Crippen molar-refractivity contribution < 1.29 is 27.4 Å². The summed E-state index contributed by atoms with van der Waals surface area (Å²) in [7, 11) is 0. The molecule has 0 aliphatic heterocycles. The molecule has 4 aromatic rings. The number of halogens is 4. The van der Waals surface area contributed by atoms with E-state index < -0.39 is 29.8 Å². The molecule has 0 aliphatic rings. The predicted octanol–water partition coefficient (Wildman–Crippen LogP) is 4.87. The number of aliphatic hydroxyl groups is 1. The van der Waals surface area contributed by atoms with E-state index in [9.17, 15) is 22.7 Å². The summed E-state index contributed by atoms with van der Waals surface area (Å²) < 4.78 is 61.6. The second-order valence-electron chi connectivity index (χ2n) is 7.09. The van der Waals surface area contributed by atoms with E-state index in [1.807, 2.05) is 6.07 Å². The van der Waals surface area contributed by atoms with Gasteiger partial charge < -0.3 is 9.84 Å². The first-order valence-corrected chi connectivity index (χ1v) is 9.37. The van der Waals surface area contributed by atoms with Crippen LogP contribution in [0.2, 0.25) is 0 Å². The smallest absolute Gasteiger partial charge is 0.424 e. The van der Waals surface area contributed by atoms with Crippen LogP contribution in [0.25, 0.3) is 16.6 Å². The first-order chi connectivity index (χ1) is 15.2. The summed E-state index contributed by atoms with van der Waals surface area (Å²) in [6, 6.07) is 16.7. The van der Waals surface area contributed by atoms with E-state index in [1.165, 1.54) is 71.5 Å². The van der Waals surface area contributed by atoms with Crippen molar-refractivity contribution >= 4 is 10.9 Å². The molecule has 32 heavy (non-hydrogen) atoms. The van der Waals surface area contributed by atoms with Gasteiger partial charge in [0.1, 0.15) is 18.2 Å². The van der Waals surface area contributed by atoms with E-state index in [-0.39, 0.29) is 11.3 Å². The third-order valence-corrected chi connectivity index (χ3v) is 5.00. The number of nitrogens with zero attached hydrogens (tertiary/aromatic N) is 3. The fourth-order valence-electron chi connectivity index (χ4n) is 3.25. The molecule has 1 N–H and O–H groups in total. The number of hydrogen-bond acceptors (Lipinski definition) is 4. The Morgan fingerprint density at radius 1 is 1.03 bits per heavy atom. The number of aromatic nitrogens is 2. The fourth-order valence-corrected chi connectivity index (χ4v) is 3.25. The molecule has 0 saturated carbocycles. The molecular weight excluding hydrogens is 426 g/mol. The zero-order valence-electron chi connectivity index (χ0n) is 16.3. The Hall–Kier alpha value is -3.90. The summed E-state index contributed by atoms with van der Waals surface area (Å²) in [5.74, 6) is -0.403. The van der Waals surface area contributed by atoms with Crippen molar-refractivity contribution in [2.75, 3.05) is 6.61 Å². The van der Waals surface area contributed by atoms with Crippen LogP contribution in [0.15, 0.2) is 72.9 Å². The van der Waals surface area contributed by atoms with Crippen molar-refractivity contribution in [2.45, 2.75) is 11.8 Å². The molecule has 0 radical (unpaired) electrons. The first-order valence-electron chi connectivity index (χ1n) is 9.37. The second kappa shape index (κ2) is 7.98. The molecule has 0 saturated heterocycles. The minimum Gasteiger partial charge on any atom is -0.490 e. The van der Waals surface area contributed by atoms with Gasteiger partial charge in [-0.3, -0.25) is 0 Å². The fraction of sp³-hybridized carbons (Fsp3) is 0.130. The zero-order chi connectivity index (χ0) is 22.9. The van der Waals surface area contributed by atoms with Crippen LogP contribution in [-0.2, 0) is 5.60 Å². The Bertz CT molecular complexity index is 1310. The number of rotatable bonds is 5. The van der Waals surface area contributed by atoms with Gasteiger partial charge in [0.2, 0.25) is 5.60 Å². The minimum atomic E-state index is -5.04. The molecule has 0 bridgehead atoms. The average Bonchev–Trinajstić information content (AvgIpc) is 3.20. The monoisotopic (exact) mass is 441 g/mol. The Morgan fingerprint density at radius 3 is 2.47 bits per heavy atom. The van der Waals surface area contributed by atoms with Gasteiger partial charge >= 0.3 is 6.18 Å². The SMILES string of the molecule is N#Cc1cccc(OCC(O)(c2ccc3c(cnn3-c3ccc(F)cc3)c2)C(F)(F)F)c1. The summed E-state index contributed by atoms with van der Waals surface area (Å²) >= 11 is 0. The number of hydrogen-bond donors (Lipinski definition) is 1. The second-order valence-corrected chi connectivity index (χ2v) is 7.09. The van der Waals surface area contributed by atoms with Crippen molar-refractivity contribution in [3.8, 4) is 17.5 Å². The maximum atomic E-state index is 13.9. The van der Waals surface area contributed by atoms with E-state index >= 15 is 0 Å². The van der Waals surface area contributed by atoms with Crippen LogP contribution >= 0.6 is 0 Å². The zero-order valence-corrected chi connectivity index (χ0v) is 16.3. The number of alkyl halides is 3. The number of benzene rings is 3. The van der Waals surface area contributed by atoms with Crippen LogP contribution < -0.4 is 4.74 Å². The predicted molar refractivity (Wildman–Crippen MR) is 108 cm³/mol. The molecule has 3 aromatic carbocycles. The lowest BCUT2D eigenvalue weighted by atomic mass is 9.93. The van der Waals surface area contributed by atoms with Crippen LogP contribution in [0, 0.1) is 17.1 Å². The summed E-state index contributed by atoms with van der Waals surface area (Å²) in [5.41, 5.74) is -2.50. The van der Waals surface area contributed by atoms with Crippen molar-refractivity contribution in [3.05, 3.63) is 89.9 Å². The van der Waals surface area contributed by atoms with E-state index in [0.717, 1.165) is 6.07 Å². The largest absolute Gasteiger partial charge is 0.490 e. The lowest BCUT2D eigenvalue weighted by Gasteiger charge is -2.30. The van der Waals surface area contributed by atoms with Crippen molar-refractivity contribution in [2.24, 2.45) is 0 Å². The van der Waals surface area contributed by atoms with Crippen LogP contribution in [0.1, 0.15) is 11.1 Å². The highest BCUT2D eigenvalue weighted by Crippen LogP contribution is 2.40. The van der Waals surface area contributed by atoms with Crippen LogP contribution in [0.4, 0.5) is 17.6 Å². The van der Waals surface area contributed by atoms with E-state index in [0.29, 0.717) is 16.6 Å². The topological polar surface area (TPSA) is 71.1 Å². The molecule has 0 fully saturated rings. The van der Waals surface area contributed by atoms with E-state index in [1.54, 1.807) is 0 Å². The molecule has 4 rings (SSSR count). The average molecular weight is 441 g/mol. The third kappa shape index (κ3) is 3.88. The minimum absolute atomic E-state index is 0.0249. The van der Waals surface area contributed by atoms with Crippen LogP contribution in [0.5, 0.6) is 5.75 Å². The highest BCUT2D eigenvalue weighted by Gasteiger charge is 2.56. The van der Waals surface area contributed by atoms with Crippen molar-refractivity contribution in [3.63, 3.8) is 0 Å². The summed E-state index contributed by atoms with van der Waals surface area (Å²) in [5, 5.41) is 24.1. The van der Waals surface area contributed by atoms with Gasteiger partial charge in [-0.15, -0.1) is 0 Å². The maximum Gasteiger partial charge on any atom is 0.424 e. The normalized spacial score (nSPS) is 13.5. The highest BCUT2D eigenvalue weighted by molar-refractivity contribution is 5.81. The lowest BCUT2D eigenvalue weighted by Crippen LogP contribution is -2.47. The molecule has 1 atom stereocenters. The first kappa shape index (κ1) is 21.3. The third-order valence-electron chi connectivity index (χ3n) is 5.00. The molecule has 1 heterocycles. The van der Waals surface area contributed by atoms with Gasteiger partial charge in [-0.2, -0.15) is 23.5 Å². The molecule has 5 nitrogen and oxygen atoms in total. The Kier molecular flexibility index (Phi) is 5.32. The standard InChI is InChI=1S/C23H15F4N3O2/c24-18-5-7-19(8-6-18)30-21-9-4-17(11-16(21)13-29-30)22(31,23(25,26)27)14-32-20-3-1-2-15(10-20)12-28/h1-11,13,31H,14H2. The molecule has 9 heteroatoms. The highest BCUT2D eigenvalue weighted by atomic mass is 19.4. The van der Waals surface area contributed by atoms with Gasteiger partial charge in [-0.05, 0) is 60.2 Å². The van der Waals surface area contributed by atoms with Gasteiger partial charge in [0.25, 0.3) is 0 Å². The van der Waals surface area contributed by atoms with Gasteiger partial charge in [-0.25, -0.2) is 9.07 Å². The molecule has 1 aromatic heterocycles. The molecular formula is C23H15F4N3O2.